The molecular weight excluding hydrogens is 356 g/mol. The van der Waals surface area contributed by atoms with Crippen molar-refractivity contribution in [1.29, 1.82) is 0 Å². The van der Waals surface area contributed by atoms with Gasteiger partial charge in [0.05, 0.1) is 5.56 Å². The minimum Gasteiger partial charge on any atom is -0.489 e. The number of hydrogen-bond donors (Lipinski definition) is 0. The van der Waals surface area contributed by atoms with Gasteiger partial charge in [-0.3, -0.25) is 9.59 Å². The van der Waals surface area contributed by atoms with Crippen molar-refractivity contribution in [2.45, 2.75) is 57.6 Å². The van der Waals surface area contributed by atoms with Gasteiger partial charge in [-0.1, -0.05) is 19.1 Å². The Labute approximate surface area is 167 Å². The quantitative estimate of drug-likeness (QED) is 0.751. The first-order valence-electron chi connectivity index (χ1n) is 10.5. The van der Waals surface area contributed by atoms with Gasteiger partial charge in [0.15, 0.2) is 0 Å². The highest BCUT2D eigenvalue weighted by Crippen LogP contribution is 2.28. The number of piperidine rings is 2. The number of benzene rings is 1. The summed E-state index contributed by atoms with van der Waals surface area (Å²) < 4.78 is 11.2. The molecule has 3 rings (SSSR count). The van der Waals surface area contributed by atoms with Crippen LogP contribution in [0.4, 0.5) is 0 Å². The molecule has 1 atom stereocenters. The van der Waals surface area contributed by atoms with Gasteiger partial charge in [-0.05, 0) is 37.8 Å². The van der Waals surface area contributed by atoms with Crippen LogP contribution in [-0.2, 0) is 9.53 Å². The Kier molecular flexibility index (Phi) is 7.31. The highest BCUT2D eigenvalue weighted by molar-refractivity contribution is 5.97. The van der Waals surface area contributed by atoms with Crippen LogP contribution in [0.1, 0.15) is 55.8 Å². The summed E-state index contributed by atoms with van der Waals surface area (Å²) in [6, 6.07) is 7.90. The van der Waals surface area contributed by atoms with Gasteiger partial charge in [0, 0.05) is 45.6 Å². The van der Waals surface area contributed by atoms with Crippen molar-refractivity contribution in [3.8, 4) is 5.75 Å². The van der Waals surface area contributed by atoms with Crippen molar-refractivity contribution in [1.82, 2.24) is 9.80 Å². The minimum absolute atomic E-state index is 0.0175. The van der Waals surface area contributed by atoms with E-state index in [0.717, 1.165) is 38.6 Å². The Morgan fingerprint density at radius 2 is 1.82 bits per heavy atom. The first kappa shape index (κ1) is 20.6. The maximum absolute atomic E-state index is 13.2. The molecule has 0 aromatic heterocycles. The number of amides is 2. The van der Waals surface area contributed by atoms with Crippen LogP contribution in [0, 0.1) is 0 Å². The van der Waals surface area contributed by atoms with Crippen molar-refractivity contribution < 1.29 is 19.1 Å². The second-order valence-corrected chi connectivity index (χ2v) is 7.68. The Morgan fingerprint density at radius 1 is 1.07 bits per heavy atom. The zero-order valence-corrected chi connectivity index (χ0v) is 17.1. The zero-order valence-electron chi connectivity index (χ0n) is 17.1. The Bertz CT molecular complexity index is 670. The molecule has 1 aromatic rings. The van der Waals surface area contributed by atoms with Crippen molar-refractivity contribution in [3.05, 3.63) is 29.8 Å². The van der Waals surface area contributed by atoms with Crippen molar-refractivity contribution in [2.75, 3.05) is 33.4 Å². The van der Waals surface area contributed by atoms with E-state index in [0.29, 0.717) is 30.4 Å². The lowest BCUT2D eigenvalue weighted by Gasteiger charge is -2.36. The molecular formula is C22H32N2O4. The molecule has 0 unspecified atom stereocenters. The average molecular weight is 389 g/mol. The highest BCUT2D eigenvalue weighted by atomic mass is 16.5. The van der Waals surface area contributed by atoms with Crippen molar-refractivity contribution >= 4 is 11.8 Å². The molecule has 2 aliphatic heterocycles. The summed E-state index contributed by atoms with van der Waals surface area (Å²) in [7, 11) is 1.53. The molecule has 6 heteroatoms. The van der Waals surface area contributed by atoms with Gasteiger partial charge in [-0.15, -0.1) is 0 Å². The van der Waals surface area contributed by atoms with Gasteiger partial charge >= 0.3 is 0 Å². The molecule has 0 spiro atoms. The smallest absolute Gasteiger partial charge is 0.257 e. The number of likely N-dealkylation sites (tertiary alicyclic amines) is 2. The average Bonchev–Trinajstić information content (AvgIpc) is 2.74. The van der Waals surface area contributed by atoms with Gasteiger partial charge in [-0.2, -0.15) is 0 Å². The predicted molar refractivity (Wildman–Crippen MR) is 108 cm³/mol. The highest BCUT2D eigenvalue weighted by Gasteiger charge is 2.29. The van der Waals surface area contributed by atoms with E-state index >= 15 is 0 Å². The van der Waals surface area contributed by atoms with Crippen LogP contribution >= 0.6 is 0 Å². The van der Waals surface area contributed by atoms with Crippen LogP contribution in [0.5, 0.6) is 5.75 Å². The summed E-state index contributed by atoms with van der Waals surface area (Å²) in [5.74, 6) is 0.761. The molecule has 2 aliphatic rings. The number of ether oxygens (including phenoxy) is 2. The van der Waals surface area contributed by atoms with Crippen molar-refractivity contribution in [2.24, 2.45) is 0 Å². The van der Waals surface area contributed by atoms with E-state index in [1.165, 1.54) is 13.5 Å². The summed E-state index contributed by atoms with van der Waals surface area (Å²) >= 11 is 0. The molecule has 2 heterocycles. The summed E-state index contributed by atoms with van der Waals surface area (Å²) in [4.78, 5) is 29.0. The molecule has 0 aliphatic carbocycles. The summed E-state index contributed by atoms with van der Waals surface area (Å²) in [6.45, 7) is 4.42. The fourth-order valence-electron chi connectivity index (χ4n) is 4.21. The predicted octanol–water partition coefficient (Wildman–Crippen LogP) is 3.11. The first-order chi connectivity index (χ1) is 13.6. The molecule has 6 nitrogen and oxygen atoms in total. The number of carbonyl (C=O) groups is 2. The molecule has 2 amide bonds. The lowest BCUT2D eigenvalue weighted by atomic mass is 9.98. The van der Waals surface area contributed by atoms with Crippen LogP contribution in [0.15, 0.2) is 24.3 Å². The largest absolute Gasteiger partial charge is 0.489 e. The number of para-hydroxylation sites is 1. The van der Waals surface area contributed by atoms with Gasteiger partial charge in [0.1, 0.15) is 18.5 Å². The Balaban J connectivity index is 1.65. The van der Waals surface area contributed by atoms with Gasteiger partial charge < -0.3 is 19.3 Å². The molecule has 2 fully saturated rings. The fraction of sp³-hybridized carbons (Fsp3) is 0.636. The molecule has 0 N–H and O–H groups in total. The second-order valence-electron chi connectivity index (χ2n) is 7.68. The zero-order chi connectivity index (χ0) is 19.9. The summed E-state index contributed by atoms with van der Waals surface area (Å²) in [5, 5.41) is 0. The lowest BCUT2D eigenvalue weighted by Crippen LogP contribution is -2.44. The second kappa shape index (κ2) is 9.92. The van der Waals surface area contributed by atoms with Crippen LogP contribution in [0.3, 0.4) is 0 Å². The molecule has 0 radical (unpaired) electrons. The molecule has 0 saturated carbocycles. The van der Waals surface area contributed by atoms with E-state index in [2.05, 4.69) is 6.92 Å². The van der Waals surface area contributed by atoms with Crippen LogP contribution in [-0.4, -0.2) is 67.1 Å². The van der Waals surface area contributed by atoms with E-state index in [1.54, 1.807) is 0 Å². The number of nitrogens with zero attached hydrogens (tertiary/aromatic N) is 2. The SMILES string of the molecule is CC[C@@H]1CCCCN1C(=O)c1ccccc1OC1CCN(C(=O)COC)CC1. The molecule has 2 saturated heterocycles. The van der Waals surface area contributed by atoms with Gasteiger partial charge in [0.2, 0.25) is 5.91 Å². The third-order valence-corrected chi connectivity index (χ3v) is 5.83. The topological polar surface area (TPSA) is 59.1 Å². The molecule has 154 valence electrons. The first-order valence-corrected chi connectivity index (χ1v) is 10.5. The third-order valence-electron chi connectivity index (χ3n) is 5.83. The Hall–Kier alpha value is -2.08. The fourth-order valence-corrected chi connectivity index (χ4v) is 4.21. The molecule has 28 heavy (non-hydrogen) atoms. The van der Waals surface area contributed by atoms with Crippen molar-refractivity contribution in [3.63, 3.8) is 0 Å². The van der Waals surface area contributed by atoms with Gasteiger partial charge in [-0.25, -0.2) is 0 Å². The van der Waals surface area contributed by atoms with E-state index < -0.39 is 0 Å². The Morgan fingerprint density at radius 3 is 2.54 bits per heavy atom. The maximum Gasteiger partial charge on any atom is 0.257 e. The van der Waals surface area contributed by atoms with E-state index in [-0.39, 0.29) is 24.5 Å². The monoisotopic (exact) mass is 388 g/mol. The van der Waals surface area contributed by atoms with Gasteiger partial charge in [0.25, 0.3) is 5.91 Å². The van der Waals surface area contributed by atoms with E-state index in [4.69, 9.17) is 9.47 Å². The maximum atomic E-state index is 13.2. The lowest BCUT2D eigenvalue weighted by molar-refractivity contribution is -0.136. The number of rotatable bonds is 6. The van der Waals surface area contributed by atoms with Crippen LogP contribution in [0.25, 0.3) is 0 Å². The number of methoxy groups -OCH3 is 1. The van der Waals surface area contributed by atoms with Crippen LogP contribution in [0.2, 0.25) is 0 Å². The summed E-state index contributed by atoms with van der Waals surface area (Å²) in [5.41, 5.74) is 0.653. The van der Waals surface area contributed by atoms with Crippen LogP contribution < -0.4 is 4.74 Å². The molecule has 0 bridgehead atoms. The number of carbonyl (C=O) groups excluding carboxylic acids is 2. The number of hydrogen-bond acceptors (Lipinski definition) is 4. The molecule has 1 aromatic carbocycles. The third kappa shape index (κ3) is 4.85. The minimum atomic E-state index is 0.0175. The van der Waals surface area contributed by atoms with E-state index in [1.807, 2.05) is 34.1 Å². The standard InChI is InChI=1S/C22H32N2O4/c1-3-17-8-6-7-13-24(17)22(26)19-9-4-5-10-20(19)28-18-11-14-23(15-12-18)21(25)16-27-2/h4-5,9-10,17-18H,3,6-8,11-16H2,1-2H3/t17-/m1/s1. The normalized spacial score (nSPS) is 20.9. The summed E-state index contributed by atoms with van der Waals surface area (Å²) in [6.07, 6.45) is 5.88. The van der Waals surface area contributed by atoms with E-state index in [9.17, 15) is 9.59 Å².